The van der Waals surface area contributed by atoms with E-state index in [-0.39, 0.29) is 0 Å². The third-order valence-corrected chi connectivity index (χ3v) is 3.09. The Kier molecular flexibility index (Phi) is 2.04. The van der Waals surface area contributed by atoms with Gasteiger partial charge in [0.15, 0.2) is 0 Å². The van der Waals surface area contributed by atoms with E-state index in [0.717, 1.165) is 21.5 Å². The SMILES string of the molecule is Nc1nnc(-c2ccc3cccnc3c2)s1. The van der Waals surface area contributed by atoms with Gasteiger partial charge in [0, 0.05) is 17.1 Å². The van der Waals surface area contributed by atoms with E-state index in [0.29, 0.717) is 5.13 Å². The smallest absolute Gasteiger partial charge is 0.203 e. The van der Waals surface area contributed by atoms with Crippen molar-refractivity contribution in [1.29, 1.82) is 0 Å². The van der Waals surface area contributed by atoms with Crippen molar-refractivity contribution in [2.75, 3.05) is 5.73 Å². The van der Waals surface area contributed by atoms with Crippen LogP contribution in [0.15, 0.2) is 36.5 Å². The average molecular weight is 228 g/mol. The fourth-order valence-electron chi connectivity index (χ4n) is 1.55. The van der Waals surface area contributed by atoms with Gasteiger partial charge in [0.1, 0.15) is 5.01 Å². The summed E-state index contributed by atoms with van der Waals surface area (Å²) in [6, 6.07) is 9.97. The molecular formula is C11H8N4S. The molecule has 0 aliphatic rings. The third-order valence-electron chi connectivity index (χ3n) is 2.29. The van der Waals surface area contributed by atoms with Crippen LogP contribution < -0.4 is 5.73 Å². The number of aromatic nitrogens is 3. The fourth-order valence-corrected chi connectivity index (χ4v) is 2.16. The van der Waals surface area contributed by atoms with Crippen molar-refractivity contribution < 1.29 is 0 Å². The maximum atomic E-state index is 5.56. The standard InChI is InChI=1S/C11H8N4S/c12-11-15-14-10(16-11)8-4-3-7-2-1-5-13-9(7)6-8/h1-6H,(H2,12,15). The first-order valence-corrected chi connectivity index (χ1v) is 5.59. The summed E-state index contributed by atoms with van der Waals surface area (Å²) < 4.78 is 0. The van der Waals surface area contributed by atoms with Gasteiger partial charge in [0.05, 0.1) is 5.52 Å². The van der Waals surface area contributed by atoms with Crippen LogP contribution in [0.1, 0.15) is 0 Å². The zero-order valence-electron chi connectivity index (χ0n) is 8.29. The Balaban J connectivity index is 2.18. The summed E-state index contributed by atoms with van der Waals surface area (Å²) in [4.78, 5) is 4.30. The van der Waals surface area contributed by atoms with Gasteiger partial charge in [-0.25, -0.2) is 0 Å². The van der Waals surface area contributed by atoms with Crippen LogP contribution in [-0.2, 0) is 0 Å². The molecule has 0 aliphatic heterocycles. The lowest BCUT2D eigenvalue weighted by Crippen LogP contribution is -1.81. The normalized spacial score (nSPS) is 10.8. The van der Waals surface area contributed by atoms with Gasteiger partial charge in [-0.2, -0.15) is 0 Å². The number of anilines is 1. The summed E-state index contributed by atoms with van der Waals surface area (Å²) in [5, 5.41) is 10.2. The van der Waals surface area contributed by atoms with Crippen molar-refractivity contribution in [2.24, 2.45) is 0 Å². The van der Waals surface area contributed by atoms with Gasteiger partial charge in [0.25, 0.3) is 0 Å². The molecule has 5 heteroatoms. The van der Waals surface area contributed by atoms with Crippen LogP contribution in [0.3, 0.4) is 0 Å². The van der Waals surface area contributed by atoms with Crippen LogP contribution >= 0.6 is 11.3 Å². The first-order valence-electron chi connectivity index (χ1n) is 4.77. The molecule has 2 heterocycles. The van der Waals surface area contributed by atoms with Crippen molar-refractivity contribution in [3.05, 3.63) is 36.5 Å². The van der Waals surface area contributed by atoms with E-state index < -0.39 is 0 Å². The quantitative estimate of drug-likeness (QED) is 0.694. The van der Waals surface area contributed by atoms with Gasteiger partial charge in [-0.1, -0.05) is 29.5 Å². The highest BCUT2D eigenvalue weighted by Crippen LogP contribution is 2.26. The van der Waals surface area contributed by atoms with Crippen molar-refractivity contribution >= 4 is 27.4 Å². The summed E-state index contributed by atoms with van der Waals surface area (Å²) in [5.41, 5.74) is 7.51. The molecule has 2 aromatic heterocycles. The number of fused-ring (bicyclic) bond motifs is 1. The first kappa shape index (κ1) is 9.23. The van der Waals surface area contributed by atoms with E-state index in [1.54, 1.807) is 6.20 Å². The lowest BCUT2D eigenvalue weighted by atomic mass is 10.1. The summed E-state index contributed by atoms with van der Waals surface area (Å²) in [7, 11) is 0. The number of hydrogen-bond acceptors (Lipinski definition) is 5. The minimum absolute atomic E-state index is 0.483. The molecule has 16 heavy (non-hydrogen) atoms. The van der Waals surface area contributed by atoms with Crippen LogP contribution in [0.25, 0.3) is 21.5 Å². The Morgan fingerprint density at radius 3 is 2.88 bits per heavy atom. The summed E-state index contributed by atoms with van der Waals surface area (Å²) in [6.45, 7) is 0. The predicted octanol–water partition coefficient (Wildman–Crippen LogP) is 2.34. The van der Waals surface area contributed by atoms with E-state index in [1.807, 2.05) is 30.3 Å². The van der Waals surface area contributed by atoms with Crippen LogP contribution in [0.4, 0.5) is 5.13 Å². The maximum Gasteiger partial charge on any atom is 0.203 e. The largest absolute Gasteiger partial charge is 0.374 e. The highest BCUT2D eigenvalue weighted by atomic mass is 32.1. The molecule has 0 saturated carbocycles. The van der Waals surface area contributed by atoms with Gasteiger partial charge in [-0.15, -0.1) is 10.2 Å². The van der Waals surface area contributed by atoms with Crippen molar-refractivity contribution in [2.45, 2.75) is 0 Å². The number of pyridine rings is 1. The minimum atomic E-state index is 0.483. The van der Waals surface area contributed by atoms with E-state index in [4.69, 9.17) is 5.73 Å². The molecule has 1 aromatic carbocycles. The Morgan fingerprint density at radius 2 is 2.06 bits per heavy atom. The van der Waals surface area contributed by atoms with Crippen molar-refractivity contribution in [3.8, 4) is 10.6 Å². The highest BCUT2D eigenvalue weighted by molar-refractivity contribution is 7.18. The molecule has 3 aromatic rings. The molecule has 0 aliphatic carbocycles. The maximum absolute atomic E-state index is 5.56. The number of nitrogens with zero attached hydrogens (tertiary/aromatic N) is 3. The zero-order chi connectivity index (χ0) is 11.0. The first-order chi connectivity index (χ1) is 7.83. The molecule has 0 radical (unpaired) electrons. The van der Waals surface area contributed by atoms with Crippen molar-refractivity contribution in [1.82, 2.24) is 15.2 Å². The summed E-state index contributed by atoms with van der Waals surface area (Å²) in [5.74, 6) is 0. The van der Waals surface area contributed by atoms with Crippen LogP contribution in [0.5, 0.6) is 0 Å². The van der Waals surface area contributed by atoms with Gasteiger partial charge >= 0.3 is 0 Å². The monoisotopic (exact) mass is 228 g/mol. The molecule has 0 bridgehead atoms. The van der Waals surface area contributed by atoms with Gasteiger partial charge in [-0.3, -0.25) is 4.98 Å². The molecule has 2 N–H and O–H groups in total. The molecule has 78 valence electrons. The molecular weight excluding hydrogens is 220 g/mol. The molecule has 3 rings (SSSR count). The van der Waals surface area contributed by atoms with E-state index in [9.17, 15) is 0 Å². The molecule has 0 amide bonds. The van der Waals surface area contributed by atoms with Gasteiger partial charge in [-0.05, 0) is 12.1 Å². The lowest BCUT2D eigenvalue weighted by molar-refractivity contribution is 1.10. The van der Waals surface area contributed by atoms with Crippen LogP contribution in [0.2, 0.25) is 0 Å². The number of benzene rings is 1. The Hall–Kier alpha value is -2.01. The number of rotatable bonds is 1. The van der Waals surface area contributed by atoms with E-state index in [2.05, 4.69) is 15.2 Å². The zero-order valence-corrected chi connectivity index (χ0v) is 9.11. The fraction of sp³-hybridized carbons (Fsp3) is 0. The number of nitrogens with two attached hydrogens (primary N) is 1. The molecule has 0 saturated heterocycles. The summed E-state index contributed by atoms with van der Waals surface area (Å²) >= 11 is 1.38. The average Bonchev–Trinajstić information content (AvgIpc) is 2.75. The lowest BCUT2D eigenvalue weighted by Gasteiger charge is -1.98. The summed E-state index contributed by atoms with van der Waals surface area (Å²) in [6.07, 6.45) is 1.78. The molecule has 0 atom stereocenters. The third kappa shape index (κ3) is 1.51. The molecule has 4 nitrogen and oxygen atoms in total. The van der Waals surface area contributed by atoms with Crippen LogP contribution in [-0.4, -0.2) is 15.2 Å². The molecule has 0 spiro atoms. The topological polar surface area (TPSA) is 64.7 Å². The van der Waals surface area contributed by atoms with E-state index >= 15 is 0 Å². The van der Waals surface area contributed by atoms with Gasteiger partial charge < -0.3 is 5.73 Å². The predicted molar refractivity (Wildman–Crippen MR) is 65.1 cm³/mol. The second-order valence-electron chi connectivity index (χ2n) is 3.36. The number of hydrogen-bond donors (Lipinski definition) is 1. The second kappa shape index (κ2) is 3.53. The number of nitrogen functional groups attached to an aromatic ring is 1. The van der Waals surface area contributed by atoms with Crippen molar-refractivity contribution in [3.63, 3.8) is 0 Å². The Labute approximate surface area is 95.8 Å². The molecule has 0 unspecified atom stereocenters. The highest BCUT2D eigenvalue weighted by Gasteiger charge is 2.05. The molecule has 0 fully saturated rings. The van der Waals surface area contributed by atoms with Crippen LogP contribution in [0, 0.1) is 0 Å². The van der Waals surface area contributed by atoms with E-state index in [1.165, 1.54) is 11.3 Å². The van der Waals surface area contributed by atoms with Gasteiger partial charge in [0.2, 0.25) is 5.13 Å². The Morgan fingerprint density at radius 1 is 1.12 bits per heavy atom. The minimum Gasteiger partial charge on any atom is -0.374 e. The Bertz CT molecular complexity index is 647. The second-order valence-corrected chi connectivity index (χ2v) is 4.37.